The number of piperidine rings is 1. The van der Waals surface area contributed by atoms with Crippen LogP contribution in [-0.2, 0) is 0 Å². The van der Waals surface area contributed by atoms with Gasteiger partial charge in [0, 0.05) is 23.9 Å². The maximum absolute atomic E-state index is 14.9. The Morgan fingerprint density at radius 1 is 1.32 bits per heavy atom. The molecule has 0 aliphatic carbocycles. The number of pyridine rings is 1. The lowest BCUT2D eigenvalue weighted by atomic mass is 10.0. The highest BCUT2D eigenvalue weighted by molar-refractivity contribution is 5.69. The molecule has 1 fully saturated rings. The molecule has 0 amide bonds. The van der Waals surface area contributed by atoms with Gasteiger partial charge in [-0.15, -0.1) is 0 Å². The summed E-state index contributed by atoms with van der Waals surface area (Å²) in [6, 6.07) is 4.33. The van der Waals surface area contributed by atoms with Crippen LogP contribution >= 0.6 is 0 Å². The van der Waals surface area contributed by atoms with Gasteiger partial charge in [-0.05, 0) is 70.3 Å². The monoisotopic (exact) mass is 345 g/mol. The summed E-state index contributed by atoms with van der Waals surface area (Å²) in [6.07, 6.45) is 8.18. The number of unbranched alkanes of at least 4 members (excludes halogenated alkanes) is 1. The van der Waals surface area contributed by atoms with Crippen LogP contribution in [0.25, 0.3) is 5.57 Å². The van der Waals surface area contributed by atoms with Crippen molar-refractivity contribution in [3.8, 4) is 0 Å². The lowest BCUT2D eigenvalue weighted by Crippen LogP contribution is -2.40. The number of nitrogens with zero attached hydrogens (tertiary/aromatic N) is 2. The molecule has 2 heterocycles. The number of nitrogens with two attached hydrogens (primary N) is 1. The quantitative estimate of drug-likeness (QED) is 0.737. The summed E-state index contributed by atoms with van der Waals surface area (Å²) in [5.74, 6) is -0.150. The first kappa shape index (κ1) is 19.8. The van der Waals surface area contributed by atoms with Crippen LogP contribution in [0.5, 0.6) is 0 Å². The summed E-state index contributed by atoms with van der Waals surface area (Å²) in [4.78, 5) is 7.01. The second-order valence-electron chi connectivity index (χ2n) is 7.06. The van der Waals surface area contributed by atoms with E-state index in [0.717, 1.165) is 67.8 Å². The summed E-state index contributed by atoms with van der Waals surface area (Å²) in [5, 5.41) is 0. The number of likely N-dealkylation sites (tertiary alicyclic amines) is 1. The average Bonchev–Trinajstić information content (AvgIpc) is 2.60. The van der Waals surface area contributed by atoms with E-state index in [1.165, 1.54) is 0 Å². The van der Waals surface area contributed by atoms with Crippen molar-refractivity contribution in [1.29, 1.82) is 0 Å². The van der Waals surface area contributed by atoms with Crippen molar-refractivity contribution in [2.45, 2.75) is 58.9 Å². The predicted octanol–water partition coefficient (Wildman–Crippen LogP) is 4.55. The number of hydrogen-bond donors (Lipinski definition) is 1. The van der Waals surface area contributed by atoms with Crippen molar-refractivity contribution >= 4 is 5.57 Å². The normalized spacial score (nSPS) is 18.0. The Bertz CT molecular complexity index is 614. The lowest BCUT2D eigenvalue weighted by molar-refractivity contribution is 0.217. The Balaban J connectivity index is 2.20. The molecule has 138 valence electrons. The molecule has 0 bridgehead atoms. The number of rotatable bonds is 7. The van der Waals surface area contributed by atoms with Gasteiger partial charge < -0.3 is 10.6 Å². The highest BCUT2D eigenvalue weighted by Crippen LogP contribution is 2.27. The average molecular weight is 346 g/mol. The largest absolute Gasteiger partial charge is 0.328 e. The van der Waals surface area contributed by atoms with Crippen molar-refractivity contribution in [3.05, 3.63) is 47.1 Å². The fourth-order valence-corrected chi connectivity index (χ4v) is 3.18. The summed E-state index contributed by atoms with van der Waals surface area (Å²) in [5.41, 5.74) is 9.46. The zero-order chi connectivity index (χ0) is 18.2. The molecule has 1 saturated heterocycles. The van der Waals surface area contributed by atoms with Gasteiger partial charge in [-0.2, -0.15) is 0 Å². The zero-order valence-electron chi connectivity index (χ0n) is 15.9. The molecular weight excluding hydrogens is 313 g/mol. The standard InChI is InChI=1S/C21H32FN3/c1-4-5-6-7-20(22)19(21-16(2)8-9-17(3)24-21)12-15-25-13-10-18(23)11-14-25/h6-9,18H,4-5,10-15,23H2,1-3H3/b7-6+,20-19+. The molecule has 0 atom stereocenters. The number of hydrogen-bond acceptors (Lipinski definition) is 3. The van der Waals surface area contributed by atoms with Gasteiger partial charge in [-0.25, -0.2) is 4.39 Å². The van der Waals surface area contributed by atoms with Gasteiger partial charge in [-0.1, -0.05) is 25.5 Å². The number of aromatic nitrogens is 1. The Labute approximate surface area is 151 Å². The van der Waals surface area contributed by atoms with Gasteiger partial charge >= 0.3 is 0 Å². The van der Waals surface area contributed by atoms with Crippen molar-refractivity contribution < 1.29 is 4.39 Å². The van der Waals surface area contributed by atoms with Crippen LogP contribution in [0.3, 0.4) is 0 Å². The van der Waals surface area contributed by atoms with Gasteiger partial charge in [0.15, 0.2) is 0 Å². The second kappa shape index (κ2) is 9.83. The Hall–Kier alpha value is -1.52. The molecule has 4 heteroatoms. The summed E-state index contributed by atoms with van der Waals surface area (Å²) in [6.45, 7) is 8.92. The third-order valence-corrected chi connectivity index (χ3v) is 4.84. The first-order chi connectivity index (χ1) is 12.0. The van der Waals surface area contributed by atoms with E-state index in [9.17, 15) is 4.39 Å². The molecule has 1 aromatic heterocycles. The second-order valence-corrected chi connectivity index (χ2v) is 7.06. The lowest BCUT2D eigenvalue weighted by Gasteiger charge is -2.30. The molecule has 0 saturated carbocycles. The molecule has 1 aliphatic heterocycles. The van der Waals surface area contributed by atoms with Crippen molar-refractivity contribution in [2.75, 3.05) is 19.6 Å². The van der Waals surface area contributed by atoms with Gasteiger partial charge in [0.25, 0.3) is 0 Å². The molecule has 25 heavy (non-hydrogen) atoms. The van der Waals surface area contributed by atoms with E-state index in [1.54, 1.807) is 6.08 Å². The Morgan fingerprint density at radius 3 is 2.72 bits per heavy atom. The maximum Gasteiger partial charge on any atom is 0.128 e. The molecule has 3 nitrogen and oxygen atoms in total. The SMILES string of the molecule is CCC/C=C/C(F)=C(/CCN1CCC(N)CC1)c1nc(C)ccc1C. The molecular formula is C21H32FN3. The Morgan fingerprint density at radius 2 is 2.04 bits per heavy atom. The van der Waals surface area contributed by atoms with E-state index in [1.807, 2.05) is 32.1 Å². The highest BCUT2D eigenvalue weighted by atomic mass is 19.1. The smallest absolute Gasteiger partial charge is 0.128 e. The van der Waals surface area contributed by atoms with Crippen molar-refractivity contribution in [3.63, 3.8) is 0 Å². The molecule has 1 aromatic rings. The number of halogens is 1. The fraction of sp³-hybridized carbons (Fsp3) is 0.571. The first-order valence-corrected chi connectivity index (χ1v) is 9.49. The van der Waals surface area contributed by atoms with Crippen LogP contribution in [0, 0.1) is 13.8 Å². The first-order valence-electron chi connectivity index (χ1n) is 9.49. The summed E-state index contributed by atoms with van der Waals surface area (Å²) < 4.78 is 14.9. The zero-order valence-corrected chi connectivity index (χ0v) is 15.9. The maximum atomic E-state index is 14.9. The van der Waals surface area contributed by atoms with E-state index in [0.29, 0.717) is 12.5 Å². The minimum Gasteiger partial charge on any atom is -0.328 e. The highest BCUT2D eigenvalue weighted by Gasteiger charge is 2.18. The third kappa shape index (κ3) is 6.05. The predicted molar refractivity (Wildman–Crippen MR) is 104 cm³/mol. The molecule has 0 unspecified atom stereocenters. The van der Waals surface area contributed by atoms with Crippen LogP contribution in [0.15, 0.2) is 30.1 Å². The summed E-state index contributed by atoms with van der Waals surface area (Å²) >= 11 is 0. The minimum atomic E-state index is -0.150. The van der Waals surface area contributed by atoms with Crippen molar-refractivity contribution in [2.24, 2.45) is 5.73 Å². The van der Waals surface area contributed by atoms with Crippen LogP contribution in [0.2, 0.25) is 0 Å². The van der Waals surface area contributed by atoms with Crippen LogP contribution in [0.1, 0.15) is 56.0 Å². The van der Waals surface area contributed by atoms with Crippen LogP contribution in [0.4, 0.5) is 4.39 Å². The summed E-state index contributed by atoms with van der Waals surface area (Å²) in [7, 11) is 0. The van der Waals surface area contributed by atoms with Gasteiger partial charge in [0.05, 0.1) is 5.69 Å². The van der Waals surface area contributed by atoms with Gasteiger partial charge in [-0.3, -0.25) is 4.98 Å². The van der Waals surface area contributed by atoms with Crippen LogP contribution < -0.4 is 5.73 Å². The van der Waals surface area contributed by atoms with E-state index in [4.69, 9.17) is 5.73 Å². The van der Waals surface area contributed by atoms with Crippen LogP contribution in [-0.4, -0.2) is 35.6 Å². The van der Waals surface area contributed by atoms with Gasteiger partial charge in [0.1, 0.15) is 5.83 Å². The molecule has 2 N–H and O–H groups in total. The van der Waals surface area contributed by atoms with Gasteiger partial charge in [0.2, 0.25) is 0 Å². The molecule has 0 radical (unpaired) electrons. The number of allylic oxidation sites excluding steroid dienone is 3. The molecule has 0 aromatic carbocycles. The van der Waals surface area contributed by atoms with E-state index >= 15 is 0 Å². The molecule has 2 rings (SSSR count). The molecule has 1 aliphatic rings. The fourth-order valence-electron chi connectivity index (χ4n) is 3.18. The third-order valence-electron chi connectivity index (χ3n) is 4.84. The van der Waals surface area contributed by atoms with E-state index in [2.05, 4.69) is 16.8 Å². The van der Waals surface area contributed by atoms with E-state index in [-0.39, 0.29) is 5.83 Å². The Kier molecular flexibility index (Phi) is 7.79. The molecule has 0 spiro atoms. The minimum absolute atomic E-state index is 0.150. The topological polar surface area (TPSA) is 42.1 Å². The van der Waals surface area contributed by atoms with Crippen molar-refractivity contribution in [1.82, 2.24) is 9.88 Å². The van der Waals surface area contributed by atoms with E-state index < -0.39 is 0 Å². The number of aryl methyl sites for hydroxylation is 2.